The number of ether oxygens (including phenoxy) is 1. The number of aromatic nitrogens is 1. The number of nitrogens with zero attached hydrogens (tertiary/aromatic N) is 1. The van der Waals surface area contributed by atoms with Crippen LogP contribution in [0.5, 0.6) is 5.75 Å². The maximum atomic E-state index is 12.2. The molecule has 176 valence electrons. The van der Waals surface area contributed by atoms with E-state index in [0.29, 0.717) is 18.7 Å². The van der Waals surface area contributed by atoms with Crippen LogP contribution >= 0.6 is 0 Å². The van der Waals surface area contributed by atoms with Gasteiger partial charge in [0.1, 0.15) is 12.4 Å². The second-order valence-corrected chi connectivity index (χ2v) is 9.02. The smallest absolute Gasteiger partial charge is 0.249 e. The number of hydrogen-bond acceptors (Lipinski definition) is 2. The van der Waals surface area contributed by atoms with Crippen molar-refractivity contribution in [2.75, 3.05) is 0 Å². The van der Waals surface area contributed by atoms with E-state index in [1.807, 2.05) is 42.5 Å². The number of rotatable bonds is 9. The van der Waals surface area contributed by atoms with Gasteiger partial charge >= 0.3 is 0 Å². The zero-order valence-corrected chi connectivity index (χ0v) is 20.0. The molecule has 1 aromatic heterocycles. The molecule has 0 atom stereocenters. The van der Waals surface area contributed by atoms with Crippen LogP contribution in [-0.2, 0) is 19.6 Å². The van der Waals surface area contributed by atoms with Gasteiger partial charge in [0.05, 0.1) is 5.52 Å². The van der Waals surface area contributed by atoms with Crippen molar-refractivity contribution in [3.05, 3.63) is 113 Å². The summed E-state index contributed by atoms with van der Waals surface area (Å²) < 4.78 is 8.26. The summed E-state index contributed by atoms with van der Waals surface area (Å²) in [5, 5.41) is 2.00. The summed E-state index contributed by atoms with van der Waals surface area (Å²) in [4.78, 5) is 12.2. The van der Waals surface area contributed by atoms with Gasteiger partial charge in [0.15, 0.2) is 0 Å². The number of nitrogens with two attached hydrogens (primary N) is 1. The Labute approximate surface area is 205 Å². The van der Waals surface area contributed by atoms with Gasteiger partial charge in [-0.2, -0.15) is 0 Å². The van der Waals surface area contributed by atoms with Gasteiger partial charge in [0.25, 0.3) is 0 Å². The van der Waals surface area contributed by atoms with Crippen LogP contribution in [0, 0.1) is 0 Å². The first kappa shape index (κ1) is 22.7. The first-order valence-electron chi connectivity index (χ1n) is 12.2. The van der Waals surface area contributed by atoms with E-state index in [0.717, 1.165) is 52.4 Å². The van der Waals surface area contributed by atoms with Crippen LogP contribution in [0.1, 0.15) is 46.8 Å². The van der Waals surface area contributed by atoms with Gasteiger partial charge in [-0.25, -0.2) is 0 Å². The molecule has 5 rings (SSSR count). The lowest BCUT2D eigenvalue weighted by Gasteiger charge is -2.11. The molecule has 0 saturated carbocycles. The van der Waals surface area contributed by atoms with E-state index in [-0.39, 0.29) is 0 Å². The van der Waals surface area contributed by atoms with Crippen LogP contribution in [-0.4, -0.2) is 10.5 Å². The van der Waals surface area contributed by atoms with E-state index in [2.05, 4.69) is 60.0 Å². The Kier molecular flexibility index (Phi) is 6.53. The topological polar surface area (TPSA) is 57.2 Å². The second-order valence-electron chi connectivity index (χ2n) is 9.02. The molecule has 5 aromatic rings. The van der Waals surface area contributed by atoms with Gasteiger partial charge in [-0.05, 0) is 59.9 Å². The Morgan fingerprint density at radius 1 is 0.829 bits per heavy atom. The Morgan fingerprint density at radius 3 is 2.34 bits per heavy atom. The monoisotopic (exact) mass is 462 g/mol. The van der Waals surface area contributed by atoms with Crippen LogP contribution in [0.15, 0.2) is 91.0 Å². The molecule has 1 amide bonds. The number of hydrogen-bond donors (Lipinski definition) is 1. The molecule has 2 N–H and O–H groups in total. The largest absolute Gasteiger partial charge is 0.489 e. The molecule has 0 aliphatic carbocycles. The van der Waals surface area contributed by atoms with Crippen LogP contribution in [0.4, 0.5) is 0 Å². The van der Waals surface area contributed by atoms with Crippen LogP contribution in [0.2, 0.25) is 0 Å². The molecular weight excluding hydrogens is 432 g/mol. The fourth-order valence-corrected chi connectivity index (χ4v) is 4.72. The third-order valence-corrected chi connectivity index (χ3v) is 6.55. The molecule has 4 aromatic carbocycles. The SMILES string of the molecule is CCCCc1ccc2c3c(C(N)=O)cccc3n(Cc3ccc(OCc4ccccc4)cc3)c2c1. The highest BCUT2D eigenvalue weighted by molar-refractivity contribution is 6.18. The van der Waals surface area contributed by atoms with Crippen LogP contribution in [0.3, 0.4) is 0 Å². The molecule has 0 radical (unpaired) electrons. The molecule has 0 aliphatic heterocycles. The summed E-state index contributed by atoms with van der Waals surface area (Å²) in [5.41, 5.74) is 12.1. The minimum Gasteiger partial charge on any atom is -0.489 e. The lowest BCUT2D eigenvalue weighted by Crippen LogP contribution is -2.11. The quantitative estimate of drug-likeness (QED) is 0.260. The van der Waals surface area contributed by atoms with Crippen molar-refractivity contribution in [2.24, 2.45) is 5.73 Å². The van der Waals surface area contributed by atoms with Crippen LogP contribution < -0.4 is 10.5 Å². The maximum absolute atomic E-state index is 12.2. The van der Waals surface area contributed by atoms with Gasteiger partial charge < -0.3 is 15.0 Å². The number of benzene rings is 4. The minimum atomic E-state index is -0.398. The molecule has 0 fully saturated rings. The van der Waals surface area contributed by atoms with Crippen molar-refractivity contribution in [2.45, 2.75) is 39.3 Å². The highest BCUT2D eigenvalue weighted by Gasteiger charge is 2.17. The van der Waals surface area contributed by atoms with Crippen molar-refractivity contribution < 1.29 is 9.53 Å². The van der Waals surface area contributed by atoms with Crippen molar-refractivity contribution in [3.8, 4) is 5.75 Å². The number of amides is 1. The Balaban J connectivity index is 1.49. The minimum absolute atomic E-state index is 0.398. The van der Waals surface area contributed by atoms with E-state index in [4.69, 9.17) is 10.5 Å². The summed E-state index contributed by atoms with van der Waals surface area (Å²) in [6, 6.07) is 30.8. The first-order valence-corrected chi connectivity index (χ1v) is 12.2. The average molecular weight is 463 g/mol. The molecule has 4 nitrogen and oxygen atoms in total. The number of carbonyl (C=O) groups excluding carboxylic acids is 1. The molecule has 4 heteroatoms. The normalized spacial score (nSPS) is 11.2. The van der Waals surface area contributed by atoms with Crippen molar-refractivity contribution in [1.82, 2.24) is 4.57 Å². The zero-order valence-electron chi connectivity index (χ0n) is 20.0. The zero-order chi connectivity index (χ0) is 24.2. The summed E-state index contributed by atoms with van der Waals surface area (Å²) in [7, 11) is 0. The first-order chi connectivity index (χ1) is 17.1. The van der Waals surface area contributed by atoms with E-state index in [9.17, 15) is 4.79 Å². The summed E-state index contributed by atoms with van der Waals surface area (Å²) in [5.74, 6) is 0.447. The molecular formula is C31H30N2O2. The van der Waals surface area contributed by atoms with Crippen LogP contribution in [0.25, 0.3) is 21.8 Å². The molecule has 0 spiro atoms. The summed E-state index contributed by atoms with van der Waals surface area (Å²) in [6.45, 7) is 3.45. The highest BCUT2D eigenvalue weighted by atomic mass is 16.5. The molecule has 0 aliphatic rings. The lowest BCUT2D eigenvalue weighted by atomic mass is 10.0. The highest BCUT2D eigenvalue weighted by Crippen LogP contribution is 2.33. The van der Waals surface area contributed by atoms with Gasteiger partial charge in [-0.3, -0.25) is 4.79 Å². The fourth-order valence-electron chi connectivity index (χ4n) is 4.72. The number of fused-ring (bicyclic) bond motifs is 3. The maximum Gasteiger partial charge on any atom is 0.249 e. The van der Waals surface area contributed by atoms with Gasteiger partial charge in [-0.1, -0.05) is 74.0 Å². The Hall–Kier alpha value is -4.05. The van der Waals surface area contributed by atoms with E-state index >= 15 is 0 Å². The number of carbonyl (C=O) groups is 1. The lowest BCUT2D eigenvalue weighted by molar-refractivity contribution is 0.100. The Bertz CT molecular complexity index is 1470. The molecule has 35 heavy (non-hydrogen) atoms. The third-order valence-electron chi connectivity index (χ3n) is 6.55. The number of unbranched alkanes of at least 4 members (excludes halogenated alkanes) is 1. The summed E-state index contributed by atoms with van der Waals surface area (Å²) in [6.07, 6.45) is 3.36. The molecule has 0 bridgehead atoms. The molecule has 1 heterocycles. The number of primary amides is 1. The standard InChI is InChI=1S/C31H30N2O2/c1-2-3-8-22-15-18-26-29(19-22)33(28-12-7-11-27(30(26)28)31(32)34)20-23-13-16-25(17-14-23)35-21-24-9-5-4-6-10-24/h4-7,9-19H,2-3,8,20-21H2,1H3,(H2,32,34). The average Bonchev–Trinajstić information content (AvgIpc) is 3.20. The number of aryl methyl sites for hydroxylation is 1. The van der Waals surface area contributed by atoms with Crippen molar-refractivity contribution >= 4 is 27.7 Å². The predicted molar refractivity (Wildman–Crippen MR) is 143 cm³/mol. The third kappa shape index (κ3) is 4.78. The second kappa shape index (κ2) is 10.1. The van der Waals surface area contributed by atoms with Gasteiger partial charge in [-0.15, -0.1) is 0 Å². The summed E-state index contributed by atoms with van der Waals surface area (Å²) >= 11 is 0. The molecule has 0 saturated heterocycles. The molecule has 0 unspecified atom stereocenters. The Morgan fingerprint density at radius 2 is 1.60 bits per heavy atom. The van der Waals surface area contributed by atoms with Gasteiger partial charge in [0.2, 0.25) is 5.91 Å². The van der Waals surface area contributed by atoms with Crippen molar-refractivity contribution in [1.29, 1.82) is 0 Å². The predicted octanol–water partition coefficient (Wildman–Crippen LogP) is 6.86. The van der Waals surface area contributed by atoms with Crippen molar-refractivity contribution in [3.63, 3.8) is 0 Å². The van der Waals surface area contributed by atoms with E-state index < -0.39 is 5.91 Å². The van der Waals surface area contributed by atoms with Gasteiger partial charge in [0, 0.05) is 28.4 Å². The van der Waals surface area contributed by atoms with E-state index in [1.54, 1.807) is 0 Å². The van der Waals surface area contributed by atoms with E-state index in [1.165, 1.54) is 11.1 Å². The fraction of sp³-hybridized carbons (Fsp3) is 0.194.